The molecule has 0 unspecified atom stereocenters. The fraction of sp³-hybridized carbons (Fsp3) is 0.0952. The minimum Gasteiger partial charge on any atom is -0.494 e. The molecule has 1 amide bonds. The highest BCUT2D eigenvalue weighted by Gasteiger charge is 2.20. The molecule has 150 valence electrons. The lowest BCUT2D eigenvalue weighted by Crippen LogP contribution is -2.16. The van der Waals surface area contributed by atoms with Gasteiger partial charge in [-0.1, -0.05) is 18.2 Å². The molecular weight excluding hydrogens is 456 g/mol. The second-order valence-electron chi connectivity index (χ2n) is 6.03. The Hall–Kier alpha value is -2.84. The lowest BCUT2D eigenvalue weighted by atomic mass is 10.2. The van der Waals surface area contributed by atoms with E-state index in [1.54, 1.807) is 54.6 Å². The number of para-hydroxylation sites is 1. The topological polar surface area (TPSA) is 84.5 Å². The Morgan fingerprint density at radius 1 is 0.966 bits per heavy atom. The molecule has 0 saturated heterocycles. The Kier molecular flexibility index (Phi) is 6.56. The van der Waals surface area contributed by atoms with Gasteiger partial charge >= 0.3 is 0 Å². The van der Waals surface area contributed by atoms with Crippen LogP contribution in [0.3, 0.4) is 0 Å². The van der Waals surface area contributed by atoms with Crippen molar-refractivity contribution in [3.8, 4) is 5.75 Å². The highest BCUT2D eigenvalue weighted by Crippen LogP contribution is 2.26. The predicted octanol–water partition coefficient (Wildman–Crippen LogP) is 4.90. The van der Waals surface area contributed by atoms with Gasteiger partial charge < -0.3 is 10.1 Å². The van der Waals surface area contributed by atoms with Crippen molar-refractivity contribution in [3.05, 3.63) is 82.8 Å². The standard InChI is InChI=1S/C21H19BrN2O4S/c1-2-28-18-11-9-17(10-12-18)24-29(26,27)20-14-15(8-13-19(20)22)21(25)23-16-6-4-3-5-7-16/h3-14,24H,2H2,1H3,(H,23,25). The molecule has 0 aromatic heterocycles. The summed E-state index contributed by atoms with van der Waals surface area (Å²) in [4.78, 5) is 12.5. The summed E-state index contributed by atoms with van der Waals surface area (Å²) in [6.07, 6.45) is 0. The predicted molar refractivity (Wildman–Crippen MR) is 117 cm³/mol. The van der Waals surface area contributed by atoms with Crippen LogP contribution in [0.5, 0.6) is 5.75 Å². The fourth-order valence-corrected chi connectivity index (χ4v) is 4.62. The first-order valence-electron chi connectivity index (χ1n) is 8.80. The third-order valence-corrected chi connectivity index (χ3v) is 6.31. The van der Waals surface area contributed by atoms with E-state index in [1.165, 1.54) is 12.1 Å². The van der Waals surface area contributed by atoms with E-state index in [9.17, 15) is 13.2 Å². The summed E-state index contributed by atoms with van der Waals surface area (Å²) in [5.74, 6) is 0.248. The molecule has 6 nitrogen and oxygen atoms in total. The highest BCUT2D eigenvalue weighted by molar-refractivity contribution is 9.10. The minimum absolute atomic E-state index is 0.0351. The van der Waals surface area contributed by atoms with Gasteiger partial charge in [0.05, 0.1) is 6.61 Å². The van der Waals surface area contributed by atoms with Gasteiger partial charge in [0.1, 0.15) is 10.6 Å². The molecular formula is C21H19BrN2O4S. The summed E-state index contributed by atoms with van der Waals surface area (Å²) >= 11 is 3.26. The van der Waals surface area contributed by atoms with E-state index in [0.717, 1.165) is 0 Å². The van der Waals surface area contributed by atoms with Crippen molar-refractivity contribution in [2.75, 3.05) is 16.6 Å². The van der Waals surface area contributed by atoms with Crippen molar-refractivity contribution in [2.45, 2.75) is 11.8 Å². The summed E-state index contributed by atoms with van der Waals surface area (Å²) in [7, 11) is -3.92. The zero-order valence-electron chi connectivity index (χ0n) is 15.6. The summed E-state index contributed by atoms with van der Waals surface area (Å²) in [6.45, 7) is 2.39. The molecule has 0 aliphatic carbocycles. The molecule has 29 heavy (non-hydrogen) atoms. The molecule has 0 aliphatic rings. The number of rotatable bonds is 7. The van der Waals surface area contributed by atoms with Gasteiger partial charge in [0.25, 0.3) is 15.9 Å². The van der Waals surface area contributed by atoms with E-state index >= 15 is 0 Å². The summed E-state index contributed by atoms with van der Waals surface area (Å²) in [6, 6.07) is 20.0. The maximum absolute atomic E-state index is 12.9. The highest BCUT2D eigenvalue weighted by atomic mass is 79.9. The zero-order valence-corrected chi connectivity index (χ0v) is 18.0. The second-order valence-corrected chi connectivity index (χ2v) is 8.53. The molecule has 0 aliphatic heterocycles. The quantitative estimate of drug-likeness (QED) is 0.509. The van der Waals surface area contributed by atoms with E-state index < -0.39 is 15.9 Å². The van der Waals surface area contributed by atoms with E-state index in [0.29, 0.717) is 28.2 Å². The average molecular weight is 475 g/mol. The molecule has 2 N–H and O–H groups in total. The van der Waals surface area contributed by atoms with Crippen LogP contribution in [0, 0.1) is 0 Å². The maximum atomic E-state index is 12.9. The van der Waals surface area contributed by atoms with Crippen molar-refractivity contribution >= 4 is 43.2 Å². The van der Waals surface area contributed by atoms with Crippen LogP contribution in [-0.4, -0.2) is 20.9 Å². The monoisotopic (exact) mass is 474 g/mol. The molecule has 0 saturated carbocycles. The van der Waals surface area contributed by atoms with E-state index in [-0.39, 0.29) is 10.5 Å². The van der Waals surface area contributed by atoms with Gasteiger partial charge in [-0.25, -0.2) is 8.42 Å². The van der Waals surface area contributed by atoms with Gasteiger partial charge in [-0.05, 0) is 77.5 Å². The Morgan fingerprint density at radius 3 is 2.31 bits per heavy atom. The second kappa shape index (κ2) is 9.11. The number of sulfonamides is 1. The molecule has 0 bridgehead atoms. The summed E-state index contributed by atoms with van der Waals surface area (Å²) in [5.41, 5.74) is 1.24. The van der Waals surface area contributed by atoms with Crippen LogP contribution in [0.25, 0.3) is 0 Å². The normalized spacial score (nSPS) is 11.0. The largest absolute Gasteiger partial charge is 0.494 e. The molecule has 3 aromatic rings. The fourth-order valence-electron chi connectivity index (χ4n) is 2.57. The first-order valence-corrected chi connectivity index (χ1v) is 11.1. The number of hydrogen-bond donors (Lipinski definition) is 2. The van der Waals surface area contributed by atoms with Gasteiger partial charge in [0.15, 0.2) is 0 Å². The van der Waals surface area contributed by atoms with Crippen LogP contribution in [-0.2, 0) is 10.0 Å². The number of hydrogen-bond acceptors (Lipinski definition) is 4. The molecule has 0 radical (unpaired) electrons. The molecule has 0 heterocycles. The van der Waals surface area contributed by atoms with Crippen molar-refractivity contribution in [3.63, 3.8) is 0 Å². The smallest absolute Gasteiger partial charge is 0.263 e. The first kappa shape index (κ1) is 20.9. The van der Waals surface area contributed by atoms with Gasteiger partial charge in [-0.3, -0.25) is 9.52 Å². The van der Waals surface area contributed by atoms with Crippen LogP contribution in [0.2, 0.25) is 0 Å². The van der Waals surface area contributed by atoms with Crippen molar-refractivity contribution < 1.29 is 17.9 Å². The summed E-state index contributed by atoms with van der Waals surface area (Å²) in [5, 5.41) is 2.74. The number of nitrogens with one attached hydrogen (secondary N) is 2. The van der Waals surface area contributed by atoms with Crippen LogP contribution in [0.1, 0.15) is 17.3 Å². The third-order valence-electron chi connectivity index (χ3n) is 3.93. The molecule has 0 atom stereocenters. The number of carbonyl (C=O) groups is 1. The molecule has 3 aromatic carbocycles. The maximum Gasteiger partial charge on any atom is 0.263 e. The number of anilines is 2. The number of halogens is 1. The Morgan fingerprint density at radius 2 is 1.66 bits per heavy atom. The van der Waals surface area contributed by atoms with Gasteiger partial charge in [-0.2, -0.15) is 0 Å². The molecule has 8 heteroatoms. The Bertz CT molecular complexity index is 1100. The molecule has 0 fully saturated rings. The van der Waals surface area contributed by atoms with Crippen LogP contribution in [0.15, 0.2) is 82.2 Å². The number of carbonyl (C=O) groups excluding carboxylic acids is 1. The van der Waals surface area contributed by atoms with Crippen LogP contribution < -0.4 is 14.8 Å². The lowest BCUT2D eigenvalue weighted by Gasteiger charge is -2.12. The van der Waals surface area contributed by atoms with Crippen LogP contribution in [0.4, 0.5) is 11.4 Å². The molecule has 0 spiro atoms. The average Bonchev–Trinajstić information content (AvgIpc) is 2.70. The first-order chi connectivity index (χ1) is 13.9. The van der Waals surface area contributed by atoms with Gasteiger partial charge in [0, 0.05) is 21.4 Å². The van der Waals surface area contributed by atoms with Crippen LogP contribution >= 0.6 is 15.9 Å². The SMILES string of the molecule is CCOc1ccc(NS(=O)(=O)c2cc(C(=O)Nc3ccccc3)ccc2Br)cc1. The minimum atomic E-state index is -3.92. The van der Waals surface area contributed by atoms with E-state index in [4.69, 9.17) is 4.74 Å². The Labute approximate surface area is 178 Å². The van der Waals surface area contributed by atoms with Crippen molar-refractivity contribution in [1.82, 2.24) is 0 Å². The van der Waals surface area contributed by atoms with Crippen molar-refractivity contribution in [2.24, 2.45) is 0 Å². The number of amides is 1. The van der Waals surface area contributed by atoms with Gasteiger partial charge in [-0.15, -0.1) is 0 Å². The third kappa shape index (κ3) is 5.36. The van der Waals surface area contributed by atoms with Gasteiger partial charge in [0.2, 0.25) is 0 Å². The molecule has 3 rings (SSSR count). The Balaban J connectivity index is 1.83. The van der Waals surface area contributed by atoms with E-state index in [2.05, 4.69) is 26.0 Å². The number of ether oxygens (including phenoxy) is 1. The van der Waals surface area contributed by atoms with Crippen molar-refractivity contribution in [1.29, 1.82) is 0 Å². The lowest BCUT2D eigenvalue weighted by molar-refractivity contribution is 0.102. The summed E-state index contributed by atoms with van der Waals surface area (Å²) < 4.78 is 34.0. The zero-order chi connectivity index (χ0) is 20.9. The van der Waals surface area contributed by atoms with E-state index in [1.807, 2.05) is 13.0 Å². The number of benzene rings is 3.